The van der Waals surface area contributed by atoms with E-state index in [0.29, 0.717) is 15.6 Å². The largest absolute Gasteiger partial charge is 0.382 e. The first-order valence-electron chi connectivity index (χ1n) is 4.28. The highest BCUT2D eigenvalue weighted by Gasteiger charge is 2.04. The first kappa shape index (κ1) is 11.9. The van der Waals surface area contributed by atoms with E-state index in [1.807, 2.05) is 14.1 Å². The summed E-state index contributed by atoms with van der Waals surface area (Å²) in [5, 5.41) is 9.91. The van der Waals surface area contributed by atoms with E-state index in [2.05, 4.69) is 6.07 Å². The minimum atomic E-state index is 0.453. The number of halogens is 2. The number of allylic oxidation sites excluding steroid dienone is 1. The van der Waals surface area contributed by atoms with Gasteiger partial charge >= 0.3 is 0 Å². The summed E-state index contributed by atoms with van der Waals surface area (Å²) in [6.45, 7) is 0. The van der Waals surface area contributed by atoms with Gasteiger partial charge in [-0.2, -0.15) is 5.26 Å². The molecule has 0 heterocycles. The predicted octanol–water partition coefficient (Wildman–Crippen LogP) is 3.42. The fourth-order valence-corrected chi connectivity index (χ4v) is 1.39. The van der Waals surface area contributed by atoms with Crippen LogP contribution in [0.3, 0.4) is 0 Å². The van der Waals surface area contributed by atoms with Crippen molar-refractivity contribution in [1.29, 1.82) is 5.26 Å². The Labute approximate surface area is 99.3 Å². The van der Waals surface area contributed by atoms with Crippen LogP contribution < -0.4 is 0 Å². The van der Waals surface area contributed by atoms with E-state index in [0.717, 1.165) is 5.56 Å². The van der Waals surface area contributed by atoms with Gasteiger partial charge in [-0.15, -0.1) is 0 Å². The van der Waals surface area contributed by atoms with Gasteiger partial charge in [-0.1, -0.05) is 29.3 Å². The zero-order valence-corrected chi connectivity index (χ0v) is 9.97. The molecule has 1 rings (SSSR count). The molecular weight excluding hydrogens is 231 g/mol. The highest BCUT2D eigenvalue weighted by Crippen LogP contribution is 2.25. The number of rotatable bonds is 2. The van der Waals surface area contributed by atoms with E-state index in [-0.39, 0.29) is 0 Å². The van der Waals surface area contributed by atoms with Gasteiger partial charge in [0.15, 0.2) is 0 Å². The lowest BCUT2D eigenvalue weighted by Gasteiger charge is -2.07. The van der Waals surface area contributed by atoms with E-state index in [1.165, 1.54) is 0 Å². The van der Waals surface area contributed by atoms with Crippen LogP contribution in [0.4, 0.5) is 0 Å². The Morgan fingerprint density at radius 3 is 2.47 bits per heavy atom. The van der Waals surface area contributed by atoms with Gasteiger partial charge in [-0.3, -0.25) is 0 Å². The Kier molecular flexibility index (Phi) is 4.02. The molecule has 15 heavy (non-hydrogen) atoms. The van der Waals surface area contributed by atoms with E-state index in [1.54, 1.807) is 29.3 Å². The summed E-state index contributed by atoms with van der Waals surface area (Å²) >= 11 is 11.7. The lowest BCUT2D eigenvalue weighted by Crippen LogP contribution is -2.02. The van der Waals surface area contributed by atoms with E-state index < -0.39 is 0 Å². The quantitative estimate of drug-likeness (QED) is 0.742. The van der Waals surface area contributed by atoms with Gasteiger partial charge in [0.25, 0.3) is 0 Å². The van der Waals surface area contributed by atoms with Crippen LogP contribution in [0.5, 0.6) is 0 Å². The van der Waals surface area contributed by atoms with Crippen LogP contribution in [0.2, 0.25) is 10.0 Å². The van der Waals surface area contributed by atoms with Gasteiger partial charge in [-0.05, 0) is 17.7 Å². The smallest absolute Gasteiger partial charge is 0.101 e. The maximum Gasteiger partial charge on any atom is 0.101 e. The average Bonchev–Trinajstić information content (AvgIpc) is 2.18. The maximum absolute atomic E-state index is 8.97. The maximum atomic E-state index is 8.97. The fraction of sp³-hybridized carbons (Fsp3) is 0.182. The molecule has 1 aromatic carbocycles. The van der Waals surface area contributed by atoms with Crippen molar-refractivity contribution < 1.29 is 0 Å². The zero-order chi connectivity index (χ0) is 11.4. The number of hydrogen-bond donors (Lipinski definition) is 0. The van der Waals surface area contributed by atoms with Crippen molar-refractivity contribution in [3.8, 4) is 6.07 Å². The molecule has 0 unspecified atom stereocenters. The van der Waals surface area contributed by atoms with E-state index in [9.17, 15) is 0 Å². The van der Waals surface area contributed by atoms with Crippen molar-refractivity contribution in [2.75, 3.05) is 14.1 Å². The van der Waals surface area contributed by atoms with Gasteiger partial charge in [0, 0.05) is 20.3 Å². The molecule has 78 valence electrons. The van der Waals surface area contributed by atoms with Gasteiger partial charge < -0.3 is 4.90 Å². The highest BCUT2D eigenvalue weighted by atomic mass is 35.5. The van der Waals surface area contributed by atoms with Crippen LogP contribution >= 0.6 is 23.2 Å². The summed E-state index contributed by atoms with van der Waals surface area (Å²) in [7, 11) is 3.71. The number of hydrogen-bond acceptors (Lipinski definition) is 2. The van der Waals surface area contributed by atoms with Gasteiger partial charge in [-0.25, -0.2) is 0 Å². The molecule has 0 amide bonds. The molecule has 0 N–H and O–H groups in total. The van der Waals surface area contributed by atoms with Gasteiger partial charge in [0.2, 0.25) is 0 Å². The molecule has 0 spiro atoms. The molecule has 0 fully saturated rings. The van der Waals surface area contributed by atoms with E-state index >= 15 is 0 Å². The molecule has 0 aliphatic heterocycles. The van der Waals surface area contributed by atoms with E-state index in [4.69, 9.17) is 28.5 Å². The van der Waals surface area contributed by atoms with Crippen molar-refractivity contribution in [2.24, 2.45) is 0 Å². The molecule has 1 aromatic rings. The summed E-state index contributed by atoms with van der Waals surface area (Å²) in [6.07, 6.45) is 1.74. The molecule has 4 heteroatoms. The summed E-state index contributed by atoms with van der Waals surface area (Å²) in [6, 6.07) is 7.25. The Balaban J connectivity index is 3.16. The van der Waals surface area contributed by atoms with Crippen molar-refractivity contribution in [3.63, 3.8) is 0 Å². The molecule has 0 aromatic heterocycles. The molecular formula is C11H10Cl2N2. The van der Waals surface area contributed by atoms with Gasteiger partial charge in [0.1, 0.15) is 6.07 Å². The SMILES string of the molecule is CN(C)/C=C(\C#N)c1ccc(Cl)c(Cl)c1. The number of nitriles is 1. The molecule has 0 saturated heterocycles. The summed E-state index contributed by atoms with van der Waals surface area (Å²) < 4.78 is 0. The second-order valence-electron chi connectivity index (χ2n) is 3.25. The molecule has 0 aliphatic rings. The average molecular weight is 241 g/mol. The molecule has 0 radical (unpaired) electrons. The minimum absolute atomic E-state index is 0.453. The first-order chi connectivity index (χ1) is 7.04. The first-order valence-corrected chi connectivity index (χ1v) is 5.04. The molecule has 0 aliphatic carbocycles. The number of nitrogens with zero attached hydrogens (tertiary/aromatic N) is 2. The van der Waals surface area contributed by atoms with Crippen LogP contribution in [0.15, 0.2) is 24.4 Å². The summed E-state index contributed by atoms with van der Waals surface area (Å²) in [5.74, 6) is 0. The Hall–Kier alpha value is -1.17. The van der Waals surface area contributed by atoms with Crippen LogP contribution in [0.1, 0.15) is 5.56 Å². The zero-order valence-electron chi connectivity index (χ0n) is 8.46. The molecule has 0 atom stereocenters. The summed E-state index contributed by atoms with van der Waals surface area (Å²) in [5.41, 5.74) is 1.32. The monoisotopic (exact) mass is 240 g/mol. The highest BCUT2D eigenvalue weighted by molar-refractivity contribution is 6.42. The van der Waals surface area contributed by atoms with Crippen molar-refractivity contribution >= 4 is 28.8 Å². The minimum Gasteiger partial charge on any atom is -0.382 e. The standard InChI is InChI=1S/C11H10Cl2N2/c1-15(2)7-9(6-14)8-3-4-10(12)11(13)5-8/h3-5,7H,1-2H3/b9-7+. The Bertz CT molecular complexity index is 431. The van der Waals surface area contributed by atoms with Gasteiger partial charge in [0.05, 0.1) is 15.6 Å². The molecule has 2 nitrogen and oxygen atoms in total. The van der Waals surface area contributed by atoms with Crippen LogP contribution in [0, 0.1) is 11.3 Å². The Morgan fingerprint density at radius 1 is 1.33 bits per heavy atom. The van der Waals surface area contributed by atoms with Crippen molar-refractivity contribution in [3.05, 3.63) is 40.0 Å². The van der Waals surface area contributed by atoms with Crippen molar-refractivity contribution in [2.45, 2.75) is 0 Å². The third-order valence-electron chi connectivity index (χ3n) is 1.74. The third kappa shape index (κ3) is 3.16. The second kappa shape index (κ2) is 5.06. The van der Waals surface area contributed by atoms with Crippen LogP contribution in [-0.4, -0.2) is 19.0 Å². The van der Waals surface area contributed by atoms with Crippen LogP contribution in [-0.2, 0) is 0 Å². The molecule has 0 bridgehead atoms. The van der Waals surface area contributed by atoms with Crippen LogP contribution in [0.25, 0.3) is 5.57 Å². The lowest BCUT2D eigenvalue weighted by molar-refractivity contribution is 0.566. The third-order valence-corrected chi connectivity index (χ3v) is 2.48. The topological polar surface area (TPSA) is 27.0 Å². The predicted molar refractivity (Wildman–Crippen MR) is 63.7 cm³/mol. The summed E-state index contributed by atoms with van der Waals surface area (Å²) in [4.78, 5) is 1.81. The second-order valence-corrected chi connectivity index (χ2v) is 4.06. The van der Waals surface area contributed by atoms with Crippen molar-refractivity contribution in [1.82, 2.24) is 4.90 Å². The number of benzene rings is 1. The fourth-order valence-electron chi connectivity index (χ4n) is 1.09. The molecule has 0 saturated carbocycles. The normalized spacial score (nSPS) is 11.0. The lowest BCUT2D eigenvalue weighted by atomic mass is 10.1. The Morgan fingerprint density at radius 2 is 2.00 bits per heavy atom.